The summed E-state index contributed by atoms with van der Waals surface area (Å²) in [6.45, 7) is 11.9. The van der Waals surface area contributed by atoms with Crippen LogP contribution >= 0.6 is 15.9 Å². The number of rotatable bonds is 7. The summed E-state index contributed by atoms with van der Waals surface area (Å²) in [6.07, 6.45) is 1.17. The van der Waals surface area contributed by atoms with E-state index in [2.05, 4.69) is 72.0 Å². The number of anilines is 1. The highest BCUT2D eigenvalue weighted by Crippen LogP contribution is 2.28. The van der Waals surface area contributed by atoms with E-state index in [-0.39, 0.29) is 0 Å². The van der Waals surface area contributed by atoms with Crippen LogP contribution in [0.3, 0.4) is 0 Å². The molecular weight excluding hydrogens is 288 g/mol. The van der Waals surface area contributed by atoms with E-state index < -0.39 is 0 Å². The molecule has 0 aliphatic heterocycles. The number of benzene rings is 1. The van der Waals surface area contributed by atoms with Crippen molar-refractivity contribution in [3.8, 4) is 0 Å². The van der Waals surface area contributed by atoms with Gasteiger partial charge in [0.2, 0.25) is 0 Å². The Hall–Kier alpha value is -0.540. The first-order chi connectivity index (χ1) is 8.63. The van der Waals surface area contributed by atoms with Crippen LogP contribution in [-0.4, -0.2) is 19.6 Å². The molecule has 1 rings (SSSR count). The smallest absolute Gasteiger partial charge is 0.0377 e. The first kappa shape index (κ1) is 15.5. The Balaban J connectivity index is 2.85. The van der Waals surface area contributed by atoms with E-state index in [1.807, 2.05) is 0 Å². The monoisotopic (exact) mass is 312 g/mol. The summed E-state index contributed by atoms with van der Waals surface area (Å²) in [5.41, 5.74) is 2.62. The zero-order chi connectivity index (χ0) is 13.5. The molecule has 1 aromatic rings. The van der Waals surface area contributed by atoms with Crippen LogP contribution in [0.4, 0.5) is 5.69 Å². The minimum atomic E-state index is 0.394. The number of halogens is 1. The van der Waals surface area contributed by atoms with Gasteiger partial charge in [-0.15, -0.1) is 0 Å². The van der Waals surface area contributed by atoms with Crippen LogP contribution in [0.25, 0.3) is 0 Å². The van der Waals surface area contributed by atoms with Crippen LogP contribution < -0.4 is 10.2 Å². The Labute approximate surface area is 120 Å². The fourth-order valence-corrected chi connectivity index (χ4v) is 2.83. The molecule has 0 heterocycles. The number of hydrogen-bond donors (Lipinski definition) is 1. The maximum absolute atomic E-state index is 3.70. The summed E-state index contributed by atoms with van der Waals surface area (Å²) in [6, 6.07) is 7.07. The van der Waals surface area contributed by atoms with Gasteiger partial charge in [-0.05, 0) is 51.4 Å². The Morgan fingerprint density at radius 3 is 2.39 bits per heavy atom. The number of hydrogen-bond acceptors (Lipinski definition) is 2. The lowest BCUT2D eigenvalue weighted by Crippen LogP contribution is -2.22. The molecule has 102 valence electrons. The van der Waals surface area contributed by atoms with Crippen molar-refractivity contribution in [2.75, 3.05) is 24.5 Å². The predicted octanol–water partition coefficient (Wildman–Crippen LogP) is 4.36. The topological polar surface area (TPSA) is 15.3 Å². The van der Waals surface area contributed by atoms with E-state index in [0.717, 1.165) is 19.6 Å². The highest BCUT2D eigenvalue weighted by Gasteiger charge is 2.10. The minimum absolute atomic E-state index is 0.394. The molecule has 1 N–H and O–H groups in total. The molecule has 0 radical (unpaired) electrons. The molecule has 3 heteroatoms. The maximum Gasteiger partial charge on any atom is 0.0377 e. The molecule has 0 amide bonds. The van der Waals surface area contributed by atoms with Gasteiger partial charge in [-0.25, -0.2) is 0 Å². The summed E-state index contributed by atoms with van der Waals surface area (Å²) < 4.78 is 1.20. The van der Waals surface area contributed by atoms with Crippen molar-refractivity contribution in [2.45, 2.75) is 40.2 Å². The summed E-state index contributed by atoms with van der Waals surface area (Å²) in [7, 11) is 0. The highest BCUT2D eigenvalue weighted by molar-refractivity contribution is 9.10. The summed E-state index contributed by atoms with van der Waals surface area (Å²) in [5, 5.41) is 3.52. The van der Waals surface area contributed by atoms with Gasteiger partial charge in [0.15, 0.2) is 0 Å². The Morgan fingerprint density at radius 1 is 1.22 bits per heavy atom. The molecular formula is C15H25BrN2. The fourth-order valence-electron chi connectivity index (χ4n) is 2.12. The van der Waals surface area contributed by atoms with Crippen LogP contribution in [0.2, 0.25) is 0 Å². The molecule has 0 bridgehead atoms. The van der Waals surface area contributed by atoms with Gasteiger partial charge in [0.25, 0.3) is 0 Å². The first-order valence-corrected chi connectivity index (χ1v) is 7.71. The van der Waals surface area contributed by atoms with E-state index in [1.165, 1.54) is 22.1 Å². The van der Waals surface area contributed by atoms with Crippen LogP contribution in [-0.2, 0) is 0 Å². The van der Waals surface area contributed by atoms with E-state index >= 15 is 0 Å². The van der Waals surface area contributed by atoms with Crippen LogP contribution in [0, 0.1) is 0 Å². The zero-order valence-electron chi connectivity index (χ0n) is 12.0. The third-order valence-electron chi connectivity index (χ3n) is 3.28. The minimum Gasteiger partial charge on any atom is -0.372 e. The fraction of sp³-hybridized carbons (Fsp3) is 0.600. The Bertz CT molecular complexity index is 362. The Morgan fingerprint density at radius 2 is 1.89 bits per heavy atom. The van der Waals surface area contributed by atoms with E-state index in [1.54, 1.807) is 0 Å². The largest absolute Gasteiger partial charge is 0.372 e. The quantitative estimate of drug-likeness (QED) is 0.805. The highest BCUT2D eigenvalue weighted by atomic mass is 79.9. The lowest BCUT2D eigenvalue weighted by molar-refractivity contribution is 0.569. The van der Waals surface area contributed by atoms with Gasteiger partial charge in [-0.1, -0.05) is 28.9 Å². The van der Waals surface area contributed by atoms with Crippen LogP contribution in [0.1, 0.15) is 45.7 Å². The summed E-state index contributed by atoms with van der Waals surface area (Å²) in [5.74, 6) is 0. The van der Waals surface area contributed by atoms with Gasteiger partial charge in [-0.2, -0.15) is 0 Å². The molecule has 0 saturated heterocycles. The van der Waals surface area contributed by atoms with E-state index in [9.17, 15) is 0 Å². The first-order valence-electron chi connectivity index (χ1n) is 6.91. The molecule has 1 atom stereocenters. The summed E-state index contributed by atoms with van der Waals surface area (Å²) in [4.78, 5) is 2.36. The molecule has 0 aliphatic carbocycles. The van der Waals surface area contributed by atoms with Crippen molar-refractivity contribution in [3.63, 3.8) is 0 Å². The van der Waals surface area contributed by atoms with Crippen LogP contribution in [0.5, 0.6) is 0 Å². The zero-order valence-corrected chi connectivity index (χ0v) is 13.5. The average molecular weight is 313 g/mol. The van der Waals surface area contributed by atoms with E-state index in [0.29, 0.717) is 6.04 Å². The molecule has 0 aromatic heterocycles. The van der Waals surface area contributed by atoms with Gasteiger partial charge in [-0.3, -0.25) is 0 Å². The second-order valence-corrected chi connectivity index (χ2v) is 5.41. The standard InChI is InChI=1S/C15H25BrN2/c1-5-10-17-12(4)14-9-8-13(11-15(14)16)18(6-2)7-3/h8-9,11-12,17H,5-7,10H2,1-4H3. The second-order valence-electron chi connectivity index (χ2n) is 4.55. The normalized spacial score (nSPS) is 12.5. The Kier molecular flexibility index (Phi) is 6.72. The van der Waals surface area contributed by atoms with Crippen molar-refractivity contribution in [1.82, 2.24) is 5.32 Å². The third kappa shape index (κ3) is 3.99. The lowest BCUT2D eigenvalue weighted by Gasteiger charge is -2.23. The van der Waals surface area contributed by atoms with Gasteiger partial charge in [0.1, 0.15) is 0 Å². The molecule has 18 heavy (non-hydrogen) atoms. The number of nitrogens with one attached hydrogen (secondary N) is 1. The molecule has 0 fully saturated rings. The van der Waals surface area contributed by atoms with Crippen molar-refractivity contribution in [3.05, 3.63) is 28.2 Å². The molecule has 1 unspecified atom stereocenters. The van der Waals surface area contributed by atoms with Crippen molar-refractivity contribution in [2.24, 2.45) is 0 Å². The van der Waals surface area contributed by atoms with Gasteiger partial charge in [0.05, 0.1) is 0 Å². The average Bonchev–Trinajstić information content (AvgIpc) is 2.37. The maximum atomic E-state index is 3.70. The third-order valence-corrected chi connectivity index (χ3v) is 3.97. The van der Waals surface area contributed by atoms with E-state index in [4.69, 9.17) is 0 Å². The van der Waals surface area contributed by atoms with Gasteiger partial charge < -0.3 is 10.2 Å². The molecule has 0 spiro atoms. The van der Waals surface area contributed by atoms with Gasteiger partial charge in [0, 0.05) is 29.3 Å². The molecule has 0 aliphatic rings. The number of nitrogens with zero attached hydrogens (tertiary/aromatic N) is 1. The molecule has 1 aromatic carbocycles. The van der Waals surface area contributed by atoms with Crippen LogP contribution in [0.15, 0.2) is 22.7 Å². The SMILES string of the molecule is CCCNC(C)c1ccc(N(CC)CC)cc1Br. The molecule has 0 saturated carbocycles. The predicted molar refractivity (Wildman–Crippen MR) is 84.4 cm³/mol. The van der Waals surface area contributed by atoms with Crippen molar-refractivity contribution in [1.29, 1.82) is 0 Å². The van der Waals surface area contributed by atoms with Crippen molar-refractivity contribution >= 4 is 21.6 Å². The van der Waals surface area contributed by atoms with Gasteiger partial charge >= 0.3 is 0 Å². The molecule has 2 nitrogen and oxygen atoms in total. The second kappa shape index (κ2) is 7.80. The van der Waals surface area contributed by atoms with Crippen molar-refractivity contribution < 1.29 is 0 Å². The summed E-state index contributed by atoms with van der Waals surface area (Å²) >= 11 is 3.70. The lowest BCUT2D eigenvalue weighted by atomic mass is 10.1.